The molecular formula is C22H25NO6. The van der Waals surface area contributed by atoms with Crippen LogP contribution < -0.4 is 5.32 Å². The maximum atomic E-state index is 12.7. The van der Waals surface area contributed by atoms with Crippen molar-refractivity contribution in [1.29, 1.82) is 0 Å². The van der Waals surface area contributed by atoms with Crippen LogP contribution >= 0.6 is 0 Å². The molecule has 4 N–H and O–H groups in total. The number of carbonyl (C=O) groups excluding carboxylic acids is 2. The molecule has 0 radical (unpaired) electrons. The second-order valence-electron chi connectivity index (χ2n) is 8.50. The van der Waals surface area contributed by atoms with Gasteiger partial charge in [0.15, 0.2) is 11.5 Å². The molecule has 0 unspecified atom stereocenters. The molecule has 1 amide bonds. The average Bonchev–Trinajstić information content (AvgIpc) is 2.96. The van der Waals surface area contributed by atoms with Crippen molar-refractivity contribution in [3.63, 3.8) is 0 Å². The Balaban J connectivity index is 1.78. The third kappa shape index (κ3) is 3.52. The Hall–Kier alpha value is -3.09. The van der Waals surface area contributed by atoms with E-state index in [0.717, 1.165) is 18.6 Å². The molecule has 0 heterocycles. The van der Waals surface area contributed by atoms with Crippen LogP contribution in [0.25, 0.3) is 0 Å². The van der Waals surface area contributed by atoms with Gasteiger partial charge in [0.25, 0.3) is 0 Å². The summed E-state index contributed by atoms with van der Waals surface area (Å²) < 4.78 is 0. The van der Waals surface area contributed by atoms with Gasteiger partial charge in [-0.1, -0.05) is 31.6 Å². The smallest absolute Gasteiger partial charge is 0.339 e. The fourth-order valence-electron chi connectivity index (χ4n) is 4.66. The van der Waals surface area contributed by atoms with Crippen LogP contribution in [-0.2, 0) is 9.59 Å². The number of nitrogens with one attached hydrogen (secondary N) is 1. The van der Waals surface area contributed by atoms with Crippen LogP contribution in [-0.4, -0.2) is 33.0 Å². The van der Waals surface area contributed by atoms with Crippen molar-refractivity contribution in [2.75, 3.05) is 5.32 Å². The van der Waals surface area contributed by atoms with Gasteiger partial charge < -0.3 is 20.6 Å². The van der Waals surface area contributed by atoms with Gasteiger partial charge in [-0.3, -0.25) is 9.59 Å². The molecule has 0 saturated carbocycles. The van der Waals surface area contributed by atoms with E-state index < -0.39 is 34.4 Å². The van der Waals surface area contributed by atoms with Gasteiger partial charge in [-0.05, 0) is 49.3 Å². The van der Waals surface area contributed by atoms with E-state index >= 15 is 0 Å². The summed E-state index contributed by atoms with van der Waals surface area (Å²) in [6.45, 7) is 6.01. The van der Waals surface area contributed by atoms with Gasteiger partial charge in [0.1, 0.15) is 17.0 Å². The standard InChI is InChI=1S/C22H25NO6/c1-12-10-15-21(2,11-12)8-6-16(25)22(15,3)9-7-17(26)23-18-14(24)5-4-13(19(18)27)20(28)29/h4-6,8,10,15,24,27H,7,9,11H2,1-3H3,(H,23,26)(H,28,29)/t15-,21-,22+/m1/s1. The van der Waals surface area contributed by atoms with Crippen molar-refractivity contribution >= 4 is 23.3 Å². The third-order valence-corrected chi connectivity index (χ3v) is 6.21. The maximum absolute atomic E-state index is 12.7. The molecule has 1 aromatic carbocycles. The molecule has 0 fully saturated rings. The van der Waals surface area contributed by atoms with E-state index in [1.165, 1.54) is 5.57 Å². The number of ketones is 1. The fraction of sp³-hybridized carbons (Fsp3) is 0.409. The number of carbonyl (C=O) groups is 3. The number of phenolic OH excluding ortho intramolecular Hbond substituents is 1. The summed E-state index contributed by atoms with van der Waals surface area (Å²) in [5.41, 5.74) is -0.467. The Labute approximate surface area is 168 Å². The van der Waals surface area contributed by atoms with Crippen LogP contribution in [0.2, 0.25) is 0 Å². The lowest BCUT2D eigenvalue weighted by atomic mass is 9.58. The zero-order valence-electron chi connectivity index (χ0n) is 16.7. The molecule has 7 heteroatoms. The van der Waals surface area contributed by atoms with Crippen LogP contribution in [0.15, 0.2) is 35.9 Å². The van der Waals surface area contributed by atoms with E-state index in [-0.39, 0.29) is 35.6 Å². The summed E-state index contributed by atoms with van der Waals surface area (Å²) in [5.74, 6) is -3.11. The summed E-state index contributed by atoms with van der Waals surface area (Å²) in [6.07, 6.45) is 6.81. The highest BCUT2D eigenvalue weighted by molar-refractivity contribution is 6.00. The molecular weight excluding hydrogens is 374 g/mol. The molecule has 0 aliphatic heterocycles. The summed E-state index contributed by atoms with van der Waals surface area (Å²) in [7, 11) is 0. The number of amides is 1. The Kier molecular flexibility index (Phi) is 5.03. The highest BCUT2D eigenvalue weighted by atomic mass is 16.4. The lowest BCUT2D eigenvalue weighted by Crippen LogP contribution is -2.44. The molecule has 29 heavy (non-hydrogen) atoms. The number of aromatic carboxylic acids is 1. The van der Waals surface area contributed by atoms with Crippen LogP contribution in [0.3, 0.4) is 0 Å². The van der Waals surface area contributed by atoms with Crippen LogP contribution in [0.5, 0.6) is 11.5 Å². The lowest BCUT2D eigenvalue weighted by Gasteiger charge is -2.44. The first-order chi connectivity index (χ1) is 13.5. The SMILES string of the molecule is CC1=C[C@@H]2[C@](C)(C=CC(=O)[C@@]2(C)CCC(=O)Nc2c(O)ccc(C(=O)O)c2O)C1. The number of phenols is 2. The number of benzene rings is 1. The van der Waals surface area contributed by atoms with Gasteiger partial charge in [0, 0.05) is 11.8 Å². The first kappa shape index (κ1) is 20.6. The first-order valence-corrected chi connectivity index (χ1v) is 9.47. The molecule has 154 valence electrons. The Bertz CT molecular complexity index is 962. The van der Waals surface area contributed by atoms with Gasteiger partial charge in [-0.25, -0.2) is 4.79 Å². The van der Waals surface area contributed by atoms with Crippen molar-refractivity contribution < 1.29 is 29.7 Å². The highest BCUT2D eigenvalue weighted by Gasteiger charge is 2.52. The number of carboxylic acids is 1. The van der Waals surface area contributed by atoms with E-state index in [1.54, 1.807) is 6.08 Å². The molecule has 7 nitrogen and oxygen atoms in total. The number of hydrogen-bond acceptors (Lipinski definition) is 5. The van der Waals surface area contributed by atoms with Crippen molar-refractivity contribution in [2.45, 2.75) is 40.0 Å². The van der Waals surface area contributed by atoms with E-state index in [2.05, 4.69) is 18.3 Å². The number of hydrogen-bond donors (Lipinski definition) is 4. The number of carboxylic acid groups (broad SMARTS) is 1. The van der Waals surface area contributed by atoms with Gasteiger partial charge in [0.05, 0.1) is 0 Å². The second-order valence-corrected chi connectivity index (χ2v) is 8.50. The van der Waals surface area contributed by atoms with Crippen LogP contribution in [0.4, 0.5) is 5.69 Å². The largest absolute Gasteiger partial charge is 0.506 e. The zero-order chi connectivity index (χ0) is 21.6. The van der Waals surface area contributed by atoms with Gasteiger partial charge in [-0.15, -0.1) is 0 Å². The Morgan fingerprint density at radius 1 is 1.24 bits per heavy atom. The minimum atomic E-state index is -1.38. The predicted molar refractivity (Wildman–Crippen MR) is 107 cm³/mol. The van der Waals surface area contributed by atoms with E-state index in [4.69, 9.17) is 5.11 Å². The number of aromatic hydroxyl groups is 2. The molecule has 0 saturated heterocycles. The summed E-state index contributed by atoms with van der Waals surface area (Å²) >= 11 is 0. The minimum absolute atomic E-state index is 0.0163. The first-order valence-electron chi connectivity index (χ1n) is 9.47. The van der Waals surface area contributed by atoms with Crippen LogP contribution in [0.1, 0.15) is 50.4 Å². The molecule has 0 bridgehead atoms. The summed E-state index contributed by atoms with van der Waals surface area (Å²) in [4.78, 5) is 36.4. The van der Waals surface area contributed by atoms with E-state index in [0.29, 0.717) is 0 Å². The van der Waals surface area contributed by atoms with Gasteiger partial charge in [-0.2, -0.15) is 0 Å². The second kappa shape index (κ2) is 7.06. The minimum Gasteiger partial charge on any atom is -0.506 e. The Morgan fingerprint density at radius 2 is 1.93 bits per heavy atom. The number of allylic oxidation sites excluding steroid dienone is 4. The van der Waals surface area contributed by atoms with Crippen molar-refractivity contribution in [2.24, 2.45) is 16.7 Å². The van der Waals surface area contributed by atoms with Crippen molar-refractivity contribution in [3.05, 3.63) is 41.5 Å². The molecule has 0 spiro atoms. The number of rotatable bonds is 5. The topological polar surface area (TPSA) is 124 Å². The molecule has 2 aliphatic rings. The summed E-state index contributed by atoms with van der Waals surface area (Å²) in [6, 6.07) is 2.14. The van der Waals surface area contributed by atoms with Crippen LogP contribution in [0, 0.1) is 16.7 Å². The van der Waals surface area contributed by atoms with Crippen molar-refractivity contribution in [1.82, 2.24) is 0 Å². The maximum Gasteiger partial charge on any atom is 0.339 e. The quantitative estimate of drug-likeness (QED) is 0.443. The number of anilines is 1. The molecule has 3 atom stereocenters. The lowest BCUT2D eigenvalue weighted by molar-refractivity contribution is -0.129. The average molecular weight is 399 g/mol. The third-order valence-electron chi connectivity index (χ3n) is 6.21. The molecule has 0 aromatic heterocycles. The van der Waals surface area contributed by atoms with Crippen molar-refractivity contribution in [3.8, 4) is 11.5 Å². The highest BCUT2D eigenvalue weighted by Crippen LogP contribution is 2.55. The van der Waals surface area contributed by atoms with E-state index in [9.17, 15) is 24.6 Å². The Morgan fingerprint density at radius 3 is 2.59 bits per heavy atom. The van der Waals surface area contributed by atoms with Gasteiger partial charge >= 0.3 is 5.97 Å². The molecule has 1 aromatic rings. The predicted octanol–water partition coefficient (Wildman–Crippen LogP) is 3.63. The fourth-order valence-corrected chi connectivity index (χ4v) is 4.66. The normalized spacial score (nSPS) is 28.0. The number of fused-ring (bicyclic) bond motifs is 1. The molecule has 3 rings (SSSR count). The summed E-state index contributed by atoms with van der Waals surface area (Å²) in [5, 5.41) is 31.4. The zero-order valence-corrected chi connectivity index (χ0v) is 16.7. The molecule has 2 aliphatic carbocycles. The van der Waals surface area contributed by atoms with E-state index in [1.807, 2.05) is 19.9 Å². The monoisotopic (exact) mass is 399 g/mol. The van der Waals surface area contributed by atoms with Gasteiger partial charge in [0.2, 0.25) is 5.91 Å².